The minimum atomic E-state index is 0.390. The molecule has 0 saturated carbocycles. The van der Waals surface area contributed by atoms with Gasteiger partial charge in [0.05, 0.1) is 74.9 Å². The van der Waals surface area contributed by atoms with Gasteiger partial charge >= 0.3 is 0 Å². The highest BCUT2D eigenvalue weighted by atomic mass is 15.0. The predicted octanol–water partition coefficient (Wildman–Crippen LogP) is 10.2. The molecule has 0 atom stereocenters. The van der Waals surface area contributed by atoms with Crippen LogP contribution in [0.15, 0.2) is 140 Å². The number of rotatable bonds is 5. The van der Waals surface area contributed by atoms with Crippen LogP contribution in [0, 0.1) is 56.7 Å². The molecule has 0 fully saturated rings. The molecular weight excluding hydrogens is 651 g/mol. The van der Waals surface area contributed by atoms with E-state index in [2.05, 4.69) is 52.0 Å². The van der Waals surface area contributed by atoms with Gasteiger partial charge in [0.1, 0.15) is 0 Å². The van der Waals surface area contributed by atoms with Gasteiger partial charge in [-0.2, -0.15) is 26.3 Å². The third kappa shape index (κ3) is 5.49. The molecule has 53 heavy (non-hydrogen) atoms. The fraction of sp³-hybridized carbons (Fsp3) is 0. The van der Waals surface area contributed by atoms with Crippen LogP contribution in [0.2, 0.25) is 0 Å². The van der Waals surface area contributed by atoms with E-state index in [0.29, 0.717) is 38.9 Å². The van der Waals surface area contributed by atoms with E-state index in [0.717, 1.165) is 60.9 Å². The van der Waals surface area contributed by atoms with Crippen molar-refractivity contribution >= 4 is 21.8 Å². The average molecular weight is 674 g/mol. The SMILES string of the molecule is N#Cc1ccc(-c2ccc3c4ccc(-c5ccc(C#N)cc5C#N)cc4n(-c4cc(-c5ccncc5)c(C#N)cc4-c4ccccc4)c3c2)c(C#N)c1. The summed E-state index contributed by atoms with van der Waals surface area (Å²) in [6.07, 6.45) is 3.41. The van der Waals surface area contributed by atoms with Gasteiger partial charge in [-0.25, -0.2) is 0 Å². The Morgan fingerprint density at radius 3 is 1.42 bits per heavy atom. The first-order valence-electron chi connectivity index (χ1n) is 16.6. The summed E-state index contributed by atoms with van der Waals surface area (Å²) < 4.78 is 2.18. The highest BCUT2D eigenvalue weighted by Gasteiger charge is 2.21. The first-order valence-corrected chi connectivity index (χ1v) is 16.6. The number of nitrogens with zero attached hydrogens (tertiary/aromatic N) is 7. The van der Waals surface area contributed by atoms with Crippen molar-refractivity contribution in [1.82, 2.24) is 9.55 Å². The number of hydrogen-bond donors (Lipinski definition) is 0. The molecule has 0 unspecified atom stereocenters. The van der Waals surface area contributed by atoms with Crippen molar-refractivity contribution in [2.45, 2.75) is 0 Å². The van der Waals surface area contributed by atoms with Gasteiger partial charge in [0.15, 0.2) is 0 Å². The smallest absolute Gasteiger partial charge is 0.0998 e. The summed E-state index contributed by atoms with van der Waals surface area (Å²) in [5, 5.41) is 51.6. The molecule has 242 valence electrons. The first kappa shape index (κ1) is 32.0. The Kier molecular flexibility index (Phi) is 7.96. The van der Waals surface area contributed by atoms with Gasteiger partial charge in [-0.05, 0) is 94.0 Å². The molecule has 0 N–H and O–H groups in total. The van der Waals surface area contributed by atoms with Crippen LogP contribution in [0.3, 0.4) is 0 Å². The number of aromatic nitrogens is 2. The topological polar surface area (TPSA) is 137 Å². The molecule has 0 amide bonds. The van der Waals surface area contributed by atoms with E-state index in [1.54, 1.807) is 48.8 Å². The molecule has 2 heterocycles. The van der Waals surface area contributed by atoms with E-state index in [9.17, 15) is 26.3 Å². The van der Waals surface area contributed by atoms with Gasteiger partial charge in [-0.15, -0.1) is 0 Å². The van der Waals surface area contributed by atoms with Gasteiger partial charge in [0.25, 0.3) is 0 Å². The quantitative estimate of drug-likeness (QED) is 0.178. The first-order chi connectivity index (χ1) is 26.0. The lowest BCUT2D eigenvalue weighted by atomic mass is 9.93. The lowest BCUT2D eigenvalue weighted by Gasteiger charge is -2.18. The maximum Gasteiger partial charge on any atom is 0.0998 e. The van der Waals surface area contributed by atoms with Crippen LogP contribution < -0.4 is 0 Å². The Morgan fingerprint density at radius 1 is 0.396 bits per heavy atom. The Labute approximate surface area is 305 Å². The number of pyridine rings is 1. The van der Waals surface area contributed by atoms with Crippen LogP contribution in [0.25, 0.3) is 72.0 Å². The molecule has 0 bridgehead atoms. The zero-order valence-corrected chi connectivity index (χ0v) is 27.9. The molecule has 6 aromatic carbocycles. The van der Waals surface area contributed by atoms with E-state index >= 15 is 0 Å². The van der Waals surface area contributed by atoms with Crippen molar-refractivity contribution in [2.24, 2.45) is 0 Å². The third-order valence-corrected chi connectivity index (χ3v) is 9.50. The van der Waals surface area contributed by atoms with Crippen LogP contribution in [-0.4, -0.2) is 9.55 Å². The van der Waals surface area contributed by atoms with Crippen LogP contribution in [-0.2, 0) is 0 Å². The van der Waals surface area contributed by atoms with E-state index in [4.69, 9.17) is 0 Å². The molecule has 0 aliphatic rings. The Morgan fingerprint density at radius 2 is 0.906 bits per heavy atom. The predicted molar refractivity (Wildman–Crippen MR) is 204 cm³/mol. The van der Waals surface area contributed by atoms with Crippen LogP contribution in [0.1, 0.15) is 27.8 Å². The van der Waals surface area contributed by atoms with Crippen LogP contribution in [0.4, 0.5) is 0 Å². The van der Waals surface area contributed by atoms with Gasteiger partial charge < -0.3 is 4.57 Å². The molecule has 7 heteroatoms. The maximum absolute atomic E-state index is 10.4. The van der Waals surface area contributed by atoms with E-state index in [1.165, 1.54) is 0 Å². The molecular formula is C46H23N7. The Balaban J connectivity index is 1.51. The minimum absolute atomic E-state index is 0.390. The second-order valence-corrected chi connectivity index (χ2v) is 12.4. The highest BCUT2D eigenvalue weighted by Crippen LogP contribution is 2.42. The van der Waals surface area contributed by atoms with E-state index < -0.39 is 0 Å². The molecule has 7 nitrogen and oxygen atoms in total. The normalized spacial score (nSPS) is 10.5. The van der Waals surface area contributed by atoms with Crippen molar-refractivity contribution in [3.63, 3.8) is 0 Å². The lowest BCUT2D eigenvalue weighted by Crippen LogP contribution is -2.00. The summed E-state index contributed by atoms with van der Waals surface area (Å²) in [6, 6.07) is 51.2. The molecule has 2 aromatic heterocycles. The lowest BCUT2D eigenvalue weighted by molar-refractivity contribution is 1.18. The molecule has 8 rings (SSSR count). The summed E-state index contributed by atoms with van der Waals surface area (Å²) in [6.45, 7) is 0. The Bertz CT molecular complexity index is 2860. The largest absolute Gasteiger partial charge is 0.309 e. The zero-order chi connectivity index (χ0) is 36.5. The summed E-state index contributed by atoms with van der Waals surface area (Å²) in [4.78, 5) is 4.20. The summed E-state index contributed by atoms with van der Waals surface area (Å²) in [5.74, 6) is 0. The van der Waals surface area contributed by atoms with E-state index in [1.807, 2.05) is 78.9 Å². The van der Waals surface area contributed by atoms with Crippen molar-refractivity contribution < 1.29 is 0 Å². The maximum atomic E-state index is 10.4. The molecule has 0 radical (unpaired) electrons. The van der Waals surface area contributed by atoms with Crippen molar-refractivity contribution in [3.8, 4) is 80.5 Å². The average Bonchev–Trinajstić information content (AvgIpc) is 3.55. The van der Waals surface area contributed by atoms with Crippen molar-refractivity contribution in [1.29, 1.82) is 26.3 Å². The van der Waals surface area contributed by atoms with Gasteiger partial charge in [0.2, 0.25) is 0 Å². The zero-order valence-electron chi connectivity index (χ0n) is 27.9. The molecule has 0 aliphatic heterocycles. The van der Waals surface area contributed by atoms with Crippen LogP contribution >= 0.6 is 0 Å². The van der Waals surface area contributed by atoms with Gasteiger partial charge in [-0.3, -0.25) is 4.98 Å². The number of fused-ring (bicyclic) bond motifs is 3. The van der Waals surface area contributed by atoms with Gasteiger partial charge in [0, 0.05) is 34.3 Å². The summed E-state index contributed by atoms with van der Waals surface area (Å²) in [7, 11) is 0. The standard InChI is InChI=1S/C46H23N7/c47-24-29-6-10-38(35(18-29)26-49)33-8-12-40-41-13-9-34(39-11-7-30(25-48)19-36(39)27-50)22-45(41)53(44(40)21-33)46-23-42(32-14-16-52-17-15-32)37(28-51)20-43(46)31-4-2-1-3-5-31/h1-23H. The van der Waals surface area contributed by atoms with Gasteiger partial charge in [-0.1, -0.05) is 66.7 Å². The second-order valence-electron chi connectivity index (χ2n) is 12.4. The molecule has 8 aromatic rings. The fourth-order valence-corrected chi connectivity index (χ4v) is 7.01. The van der Waals surface area contributed by atoms with Crippen molar-refractivity contribution in [3.05, 3.63) is 168 Å². The second kappa shape index (κ2) is 13.2. The molecule has 0 aliphatic carbocycles. The third-order valence-electron chi connectivity index (χ3n) is 9.50. The molecule has 0 spiro atoms. The Hall–Kier alpha value is -8.28. The van der Waals surface area contributed by atoms with Crippen LogP contribution in [0.5, 0.6) is 0 Å². The molecule has 0 saturated heterocycles. The fourth-order valence-electron chi connectivity index (χ4n) is 7.01. The summed E-state index contributed by atoms with van der Waals surface area (Å²) in [5.41, 5.74) is 10.9. The van der Waals surface area contributed by atoms with E-state index in [-0.39, 0.29) is 0 Å². The number of benzene rings is 6. The monoisotopic (exact) mass is 673 g/mol. The summed E-state index contributed by atoms with van der Waals surface area (Å²) >= 11 is 0. The van der Waals surface area contributed by atoms with Crippen molar-refractivity contribution in [2.75, 3.05) is 0 Å². The highest BCUT2D eigenvalue weighted by molar-refractivity contribution is 6.12. The number of nitriles is 5. The minimum Gasteiger partial charge on any atom is -0.309 e. The number of hydrogen-bond acceptors (Lipinski definition) is 6.